The van der Waals surface area contributed by atoms with Gasteiger partial charge in [-0.2, -0.15) is 0 Å². The fraction of sp³-hybridized carbons (Fsp3) is 0.211. The van der Waals surface area contributed by atoms with Crippen LogP contribution >= 0.6 is 23.2 Å². The van der Waals surface area contributed by atoms with Crippen molar-refractivity contribution in [2.45, 2.75) is 25.2 Å². The van der Waals surface area contributed by atoms with Gasteiger partial charge in [-0.3, -0.25) is 4.79 Å². The average Bonchev–Trinajstić information content (AvgIpc) is 3.29. The fourth-order valence-electron chi connectivity index (χ4n) is 3.45. The maximum atomic E-state index is 13.0. The molecule has 0 saturated heterocycles. The highest BCUT2D eigenvalue weighted by Crippen LogP contribution is 2.52. The van der Waals surface area contributed by atoms with Gasteiger partial charge in [0.2, 0.25) is 5.91 Å². The molecule has 2 aromatic carbocycles. The van der Waals surface area contributed by atoms with Gasteiger partial charge in [-0.1, -0.05) is 47.5 Å². The predicted molar refractivity (Wildman–Crippen MR) is 99.0 cm³/mol. The number of nitrogens with one attached hydrogen (secondary N) is 2. The van der Waals surface area contributed by atoms with E-state index in [9.17, 15) is 4.79 Å². The summed E-state index contributed by atoms with van der Waals surface area (Å²) in [7, 11) is 0. The highest BCUT2D eigenvalue weighted by Gasteiger charge is 2.53. The van der Waals surface area contributed by atoms with Crippen molar-refractivity contribution in [2.75, 3.05) is 5.32 Å². The van der Waals surface area contributed by atoms with Gasteiger partial charge in [-0.05, 0) is 43.5 Å². The Hall–Kier alpha value is -1.97. The number of aryl methyl sites for hydroxylation is 1. The molecule has 1 aromatic heterocycles. The van der Waals surface area contributed by atoms with Crippen LogP contribution in [0.1, 0.15) is 24.1 Å². The van der Waals surface area contributed by atoms with E-state index in [1.807, 2.05) is 25.1 Å². The van der Waals surface area contributed by atoms with E-state index in [2.05, 4.69) is 16.4 Å². The van der Waals surface area contributed by atoms with E-state index in [-0.39, 0.29) is 5.91 Å². The normalized spacial score (nSPS) is 15.5. The number of hydrogen-bond donors (Lipinski definition) is 2. The van der Waals surface area contributed by atoms with Crippen LogP contribution in [0.25, 0.3) is 10.9 Å². The maximum absolute atomic E-state index is 13.0. The van der Waals surface area contributed by atoms with Crippen LogP contribution < -0.4 is 5.32 Å². The molecule has 24 heavy (non-hydrogen) atoms. The Balaban J connectivity index is 1.74. The highest BCUT2D eigenvalue weighted by molar-refractivity contribution is 6.44. The van der Waals surface area contributed by atoms with Gasteiger partial charge in [0.1, 0.15) is 0 Å². The van der Waals surface area contributed by atoms with E-state index < -0.39 is 5.41 Å². The first kappa shape index (κ1) is 15.6. The summed E-state index contributed by atoms with van der Waals surface area (Å²) < 4.78 is 0. The summed E-state index contributed by atoms with van der Waals surface area (Å²) >= 11 is 12.2. The van der Waals surface area contributed by atoms with Crippen molar-refractivity contribution in [1.82, 2.24) is 4.98 Å². The van der Waals surface area contributed by atoms with Gasteiger partial charge in [-0.25, -0.2) is 0 Å². The molecule has 1 aliphatic carbocycles. The zero-order valence-electron chi connectivity index (χ0n) is 13.1. The summed E-state index contributed by atoms with van der Waals surface area (Å²) in [6, 6.07) is 13.3. The fourth-order valence-corrected chi connectivity index (χ4v) is 3.80. The third-order valence-electron chi connectivity index (χ3n) is 4.76. The van der Waals surface area contributed by atoms with Gasteiger partial charge in [-0.15, -0.1) is 0 Å². The molecular formula is C19H16Cl2N2O. The molecule has 0 atom stereocenters. The summed E-state index contributed by atoms with van der Waals surface area (Å²) in [6.45, 7) is 2.02. The van der Waals surface area contributed by atoms with E-state index >= 15 is 0 Å². The third-order valence-corrected chi connectivity index (χ3v) is 5.58. The van der Waals surface area contributed by atoms with E-state index in [1.54, 1.807) is 18.2 Å². The molecule has 0 spiro atoms. The summed E-state index contributed by atoms with van der Waals surface area (Å²) in [6.07, 6.45) is 1.67. The highest BCUT2D eigenvalue weighted by atomic mass is 35.5. The third kappa shape index (κ3) is 2.31. The standard InChI is InChI=1S/C19H16Cl2N2O/c1-11-16(12-5-2-3-7-14(12)22-11)19(9-10-19)18(24)23-15-8-4-6-13(20)17(15)21/h2-8,22H,9-10H2,1H3,(H,23,24). The smallest absolute Gasteiger partial charge is 0.235 e. The van der Waals surface area contributed by atoms with Crippen LogP contribution in [0.5, 0.6) is 0 Å². The van der Waals surface area contributed by atoms with E-state index in [1.165, 1.54) is 0 Å². The first-order valence-electron chi connectivity index (χ1n) is 7.86. The van der Waals surface area contributed by atoms with E-state index in [0.29, 0.717) is 15.7 Å². The zero-order valence-corrected chi connectivity index (χ0v) is 14.6. The molecule has 0 aliphatic heterocycles. The largest absolute Gasteiger partial charge is 0.358 e. The lowest BCUT2D eigenvalue weighted by atomic mass is 9.92. The number of anilines is 1. The monoisotopic (exact) mass is 358 g/mol. The summed E-state index contributed by atoms with van der Waals surface area (Å²) in [4.78, 5) is 16.4. The van der Waals surface area contributed by atoms with Crippen molar-refractivity contribution in [3.63, 3.8) is 0 Å². The van der Waals surface area contributed by atoms with E-state index in [0.717, 1.165) is 35.0 Å². The molecule has 1 fully saturated rings. The molecule has 0 unspecified atom stereocenters. The maximum Gasteiger partial charge on any atom is 0.235 e. The number of halogens is 2. The number of aromatic nitrogens is 1. The number of hydrogen-bond acceptors (Lipinski definition) is 1. The van der Waals surface area contributed by atoms with Gasteiger partial charge in [0.05, 0.1) is 21.1 Å². The van der Waals surface area contributed by atoms with Crippen LogP contribution in [0.2, 0.25) is 10.0 Å². The second-order valence-electron chi connectivity index (χ2n) is 6.31. The molecule has 0 radical (unpaired) electrons. The van der Waals surface area contributed by atoms with Crippen LogP contribution in [-0.4, -0.2) is 10.9 Å². The van der Waals surface area contributed by atoms with Crippen LogP contribution in [0.3, 0.4) is 0 Å². The van der Waals surface area contributed by atoms with E-state index in [4.69, 9.17) is 23.2 Å². The number of carbonyl (C=O) groups is 1. The van der Waals surface area contributed by atoms with Crippen LogP contribution in [0.15, 0.2) is 42.5 Å². The Labute approximate surface area is 150 Å². The van der Waals surface area contributed by atoms with Crippen molar-refractivity contribution in [2.24, 2.45) is 0 Å². The number of benzene rings is 2. The number of carbonyl (C=O) groups excluding carboxylic acids is 1. The molecule has 3 aromatic rings. The number of para-hydroxylation sites is 1. The Kier molecular flexibility index (Phi) is 3.59. The summed E-state index contributed by atoms with van der Waals surface area (Å²) in [5.74, 6) is -0.0282. The van der Waals surface area contributed by atoms with Crippen molar-refractivity contribution in [3.05, 3.63) is 63.8 Å². The minimum Gasteiger partial charge on any atom is -0.358 e. The van der Waals surface area contributed by atoms with Gasteiger partial charge < -0.3 is 10.3 Å². The van der Waals surface area contributed by atoms with Crippen molar-refractivity contribution >= 4 is 45.7 Å². The number of fused-ring (bicyclic) bond motifs is 1. The molecule has 4 rings (SSSR count). The summed E-state index contributed by atoms with van der Waals surface area (Å²) in [5, 5.41) is 4.88. The van der Waals surface area contributed by atoms with Crippen molar-refractivity contribution < 1.29 is 4.79 Å². The SMILES string of the molecule is Cc1[nH]c2ccccc2c1C1(C(=O)Nc2cccc(Cl)c2Cl)CC1. The molecule has 2 N–H and O–H groups in total. The number of rotatable bonds is 3. The zero-order chi connectivity index (χ0) is 16.9. The first-order valence-corrected chi connectivity index (χ1v) is 8.62. The Morgan fingerprint density at radius 2 is 1.88 bits per heavy atom. The quantitative estimate of drug-likeness (QED) is 0.641. The topological polar surface area (TPSA) is 44.9 Å². The average molecular weight is 359 g/mol. The predicted octanol–water partition coefficient (Wildman–Crippen LogP) is 5.45. The van der Waals surface area contributed by atoms with Crippen LogP contribution in [0.4, 0.5) is 5.69 Å². The molecule has 1 saturated carbocycles. The van der Waals surface area contributed by atoms with Gasteiger partial charge in [0.25, 0.3) is 0 Å². The van der Waals surface area contributed by atoms with Crippen molar-refractivity contribution in [3.8, 4) is 0 Å². The van der Waals surface area contributed by atoms with Gasteiger partial charge >= 0.3 is 0 Å². The Morgan fingerprint density at radius 3 is 2.62 bits per heavy atom. The molecule has 5 heteroatoms. The molecule has 1 amide bonds. The lowest BCUT2D eigenvalue weighted by molar-refractivity contribution is -0.118. The number of amides is 1. The molecular weight excluding hydrogens is 343 g/mol. The first-order chi connectivity index (χ1) is 11.5. The second-order valence-corrected chi connectivity index (χ2v) is 7.09. The molecule has 1 heterocycles. The van der Waals surface area contributed by atoms with Gasteiger partial charge in [0.15, 0.2) is 0 Å². The minimum atomic E-state index is -0.491. The molecule has 0 bridgehead atoms. The Morgan fingerprint density at radius 1 is 1.12 bits per heavy atom. The minimum absolute atomic E-state index is 0.0282. The summed E-state index contributed by atoms with van der Waals surface area (Å²) in [5.41, 5.74) is 3.26. The van der Waals surface area contributed by atoms with Crippen molar-refractivity contribution in [1.29, 1.82) is 0 Å². The lowest BCUT2D eigenvalue weighted by Gasteiger charge is -2.17. The van der Waals surface area contributed by atoms with Crippen LogP contribution in [0, 0.1) is 6.92 Å². The number of H-pyrrole nitrogens is 1. The molecule has 122 valence electrons. The molecule has 1 aliphatic rings. The lowest BCUT2D eigenvalue weighted by Crippen LogP contribution is -2.28. The Bertz CT molecular complexity index is 957. The molecule has 3 nitrogen and oxygen atoms in total. The van der Waals surface area contributed by atoms with Gasteiger partial charge in [0, 0.05) is 16.6 Å². The number of aromatic amines is 1. The van der Waals surface area contributed by atoms with Crippen LogP contribution in [-0.2, 0) is 10.2 Å². The second kappa shape index (κ2) is 5.54.